The summed E-state index contributed by atoms with van der Waals surface area (Å²) in [6.07, 6.45) is 3.75. The van der Waals surface area contributed by atoms with E-state index in [4.69, 9.17) is 0 Å². The van der Waals surface area contributed by atoms with Crippen LogP contribution in [0.2, 0.25) is 0 Å². The van der Waals surface area contributed by atoms with Crippen molar-refractivity contribution in [1.82, 2.24) is 0 Å². The Morgan fingerprint density at radius 1 is 1.17 bits per heavy atom. The molecule has 1 aromatic carbocycles. The standard InChI is InChI=1S/C17H20N4O2/c22-21(23)16-7-4-10-18-17(16)19-15-8-11-20(12-9-15)13-14-5-2-1-3-6-14/h1-7,10,15H,8-9,11-13H2,(H,18,19)/p+2. The average Bonchev–Trinajstić information content (AvgIpc) is 2.58. The number of aromatic nitrogens is 1. The second-order valence-corrected chi connectivity index (χ2v) is 6.02. The number of hydrogen-bond donors (Lipinski definition) is 2. The Morgan fingerprint density at radius 3 is 2.61 bits per heavy atom. The number of likely N-dealkylation sites (tertiary alicyclic amines) is 1. The van der Waals surface area contributed by atoms with E-state index in [2.05, 4.69) is 34.6 Å². The minimum absolute atomic E-state index is 0.103. The third-order valence-corrected chi connectivity index (χ3v) is 4.37. The molecule has 3 rings (SSSR count). The van der Waals surface area contributed by atoms with Gasteiger partial charge >= 0.3 is 11.5 Å². The first-order valence-corrected chi connectivity index (χ1v) is 8.01. The molecule has 0 atom stereocenters. The largest absolute Gasteiger partial charge is 0.357 e. The van der Waals surface area contributed by atoms with Gasteiger partial charge in [0.05, 0.1) is 24.2 Å². The van der Waals surface area contributed by atoms with Crippen molar-refractivity contribution in [3.63, 3.8) is 0 Å². The number of piperidine rings is 1. The maximum atomic E-state index is 11.1. The highest BCUT2D eigenvalue weighted by molar-refractivity contribution is 5.51. The van der Waals surface area contributed by atoms with Crippen LogP contribution in [0.1, 0.15) is 18.4 Å². The maximum absolute atomic E-state index is 11.1. The van der Waals surface area contributed by atoms with Crippen molar-refractivity contribution in [3.8, 4) is 0 Å². The minimum Gasteiger partial charge on any atom is -0.331 e. The lowest BCUT2D eigenvalue weighted by Gasteiger charge is -2.27. The fourth-order valence-electron chi connectivity index (χ4n) is 3.13. The molecule has 1 aromatic heterocycles. The number of aromatic amines is 1. The molecular formula is C17H22N4O2+2. The van der Waals surface area contributed by atoms with Gasteiger partial charge in [0, 0.05) is 24.5 Å². The number of nitrogens with one attached hydrogen (secondary N) is 3. The molecule has 0 spiro atoms. The lowest BCUT2D eigenvalue weighted by atomic mass is 10.0. The van der Waals surface area contributed by atoms with Crippen LogP contribution in [0.5, 0.6) is 0 Å². The number of benzene rings is 1. The third kappa shape index (κ3) is 4.04. The quantitative estimate of drug-likeness (QED) is 0.640. The molecule has 0 saturated carbocycles. The number of rotatable bonds is 5. The molecule has 0 aliphatic carbocycles. The molecule has 1 saturated heterocycles. The molecule has 0 amide bonds. The van der Waals surface area contributed by atoms with Crippen LogP contribution < -0.4 is 15.2 Å². The summed E-state index contributed by atoms with van der Waals surface area (Å²) in [5, 5.41) is 14.4. The lowest BCUT2D eigenvalue weighted by Crippen LogP contribution is -3.12. The molecule has 0 radical (unpaired) electrons. The Kier molecular flexibility index (Phi) is 4.83. The first-order chi connectivity index (χ1) is 11.2. The molecule has 1 aliphatic heterocycles. The topological polar surface area (TPSA) is 73.8 Å². The van der Waals surface area contributed by atoms with Gasteiger partial charge in [0.1, 0.15) is 12.6 Å². The molecule has 0 bridgehead atoms. The van der Waals surface area contributed by atoms with Gasteiger partial charge in [-0.25, -0.2) is 4.98 Å². The van der Waals surface area contributed by atoms with Gasteiger partial charge in [0.2, 0.25) is 0 Å². The third-order valence-electron chi connectivity index (χ3n) is 4.37. The summed E-state index contributed by atoms with van der Waals surface area (Å²) in [5.74, 6) is 0.508. The summed E-state index contributed by atoms with van der Waals surface area (Å²) in [6, 6.07) is 14.0. The van der Waals surface area contributed by atoms with Gasteiger partial charge in [-0.05, 0) is 6.07 Å². The van der Waals surface area contributed by atoms with Crippen LogP contribution in [-0.2, 0) is 6.54 Å². The van der Waals surface area contributed by atoms with Gasteiger partial charge < -0.3 is 4.90 Å². The van der Waals surface area contributed by atoms with Gasteiger partial charge in [0.25, 0.3) is 0 Å². The molecule has 2 aromatic rings. The van der Waals surface area contributed by atoms with Crippen molar-refractivity contribution in [2.75, 3.05) is 18.4 Å². The Hall–Kier alpha value is -2.47. The van der Waals surface area contributed by atoms with Gasteiger partial charge in [-0.3, -0.25) is 15.4 Å². The summed E-state index contributed by atoms with van der Waals surface area (Å²) in [5.41, 5.74) is 1.47. The van der Waals surface area contributed by atoms with Gasteiger partial charge in [0.15, 0.2) is 0 Å². The van der Waals surface area contributed by atoms with E-state index in [1.807, 2.05) is 6.07 Å². The van der Waals surface area contributed by atoms with E-state index >= 15 is 0 Å². The van der Waals surface area contributed by atoms with E-state index in [1.165, 1.54) is 11.6 Å². The molecule has 6 nitrogen and oxygen atoms in total. The van der Waals surface area contributed by atoms with Crippen LogP contribution in [0.15, 0.2) is 48.7 Å². The molecule has 120 valence electrons. The number of nitrogens with zero attached hydrogens (tertiary/aromatic N) is 1. The highest BCUT2D eigenvalue weighted by Gasteiger charge is 2.29. The van der Waals surface area contributed by atoms with E-state index < -0.39 is 0 Å². The maximum Gasteiger partial charge on any atom is 0.357 e. The number of pyridine rings is 1. The fraction of sp³-hybridized carbons (Fsp3) is 0.353. The Balaban J connectivity index is 1.54. The predicted molar refractivity (Wildman–Crippen MR) is 87.1 cm³/mol. The summed E-state index contributed by atoms with van der Waals surface area (Å²) >= 11 is 0. The first-order valence-electron chi connectivity index (χ1n) is 8.01. The molecule has 2 heterocycles. The number of nitro groups is 1. The van der Waals surface area contributed by atoms with Crippen molar-refractivity contribution in [2.45, 2.75) is 25.4 Å². The summed E-state index contributed by atoms with van der Waals surface area (Å²) in [4.78, 5) is 15.2. The zero-order valence-corrected chi connectivity index (χ0v) is 13.0. The van der Waals surface area contributed by atoms with E-state index in [0.717, 1.165) is 32.5 Å². The normalized spacial score (nSPS) is 20.9. The van der Waals surface area contributed by atoms with Crippen LogP contribution in [0.3, 0.4) is 0 Å². The fourth-order valence-corrected chi connectivity index (χ4v) is 3.13. The lowest BCUT2D eigenvalue weighted by molar-refractivity contribution is -0.918. The first kappa shape index (κ1) is 15.4. The zero-order valence-electron chi connectivity index (χ0n) is 13.0. The number of hydrogen-bond acceptors (Lipinski definition) is 3. The monoisotopic (exact) mass is 314 g/mol. The molecule has 1 fully saturated rings. The Morgan fingerprint density at radius 2 is 1.91 bits per heavy atom. The highest BCUT2D eigenvalue weighted by atomic mass is 16.6. The number of anilines is 1. The summed E-state index contributed by atoms with van der Waals surface area (Å²) in [7, 11) is 0. The van der Waals surface area contributed by atoms with E-state index in [9.17, 15) is 10.1 Å². The molecule has 1 aliphatic rings. The Labute approximate surface area is 135 Å². The molecule has 6 heteroatoms. The number of H-pyrrole nitrogens is 1. The van der Waals surface area contributed by atoms with E-state index in [0.29, 0.717) is 5.82 Å². The molecule has 23 heavy (non-hydrogen) atoms. The van der Waals surface area contributed by atoms with Gasteiger partial charge in [-0.15, -0.1) is 0 Å². The van der Waals surface area contributed by atoms with Crippen LogP contribution >= 0.6 is 0 Å². The van der Waals surface area contributed by atoms with Crippen LogP contribution in [0.4, 0.5) is 11.5 Å². The van der Waals surface area contributed by atoms with Crippen molar-refractivity contribution in [3.05, 3.63) is 64.3 Å². The number of quaternary nitrogens is 1. The average molecular weight is 314 g/mol. The van der Waals surface area contributed by atoms with Crippen LogP contribution in [0, 0.1) is 10.1 Å². The van der Waals surface area contributed by atoms with Gasteiger partial charge in [-0.2, -0.15) is 0 Å². The summed E-state index contributed by atoms with van der Waals surface area (Å²) in [6.45, 7) is 3.20. The van der Waals surface area contributed by atoms with Crippen LogP contribution in [0.25, 0.3) is 0 Å². The second-order valence-electron chi connectivity index (χ2n) is 6.02. The van der Waals surface area contributed by atoms with Crippen molar-refractivity contribution in [2.24, 2.45) is 0 Å². The minimum atomic E-state index is -0.353. The molecule has 3 N–H and O–H groups in total. The SMILES string of the molecule is O=[N+]([O-])c1ccc[nH+]c1NC1CC[NH+](Cc2ccccc2)CC1. The summed E-state index contributed by atoms with van der Waals surface area (Å²) < 4.78 is 0. The predicted octanol–water partition coefficient (Wildman–Crippen LogP) is 1.07. The van der Waals surface area contributed by atoms with E-state index in [-0.39, 0.29) is 16.7 Å². The zero-order chi connectivity index (χ0) is 16.1. The Bertz CT molecular complexity index is 655. The smallest absolute Gasteiger partial charge is 0.331 e. The van der Waals surface area contributed by atoms with Crippen molar-refractivity contribution >= 4 is 11.5 Å². The van der Waals surface area contributed by atoms with E-state index in [1.54, 1.807) is 17.2 Å². The molecule has 0 unspecified atom stereocenters. The van der Waals surface area contributed by atoms with Crippen LogP contribution in [-0.4, -0.2) is 24.1 Å². The molecular weight excluding hydrogens is 292 g/mol. The van der Waals surface area contributed by atoms with Crippen molar-refractivity contribution < 1.29 is 14.8 Å². The van der Waals surface area contributed by atoms with Crippen molar-refractivity contribution in [1.29, 1.82) is 0 Å². The second kappa shape index (κ2) is 7.19. The highest BCUT2D eigenvalue weighted by Crippen LogP contribution is 2.19. The van der Waals surface area contributed by atoms with Gasteiger partial charge in [-0.1, -0.05) is 30.3 Å².